The average molecular weight is 298 g/mol. The van der Waals surface area contributed by atoms with Crippen LogP contribution in [0.15, 0.2) is 29.3 Å². The van der Waals surface area contributed by atoms with Crippen LogP contribution in [0.1, 0.15) is 11.1 Å². The van der Waals surface area contributed by atoms with Crippen LogP contribution >= 0.6 is 15.9 Å². The summed E-state index contributed by atoms with van der Waals surface area (Å²) in [7, 11) is 0. The van der Waals surface area contributed by atoms with Crippen molar-refractivity contribution in [3.63, 3.8) is 0 Å². The third kappa shape index (κ3) is 5.04. The largest absolute Gasteiger partial charge is 0.483 e. The maximum absolute atomic E-state index is 11.4. The zero-order valence-electron chi connectivity index (χ0n) is 10.0. The van der Waals surface area contributed by atoms with E-state index in [1.807, 2.05) is 32.0 Å². The van der Waals surface area contributed by atoms with Gasteiger partial charge in [0, 0.05) is 11.0 Å². The standard InChI is InChI=1S/C13H16BrNO2/c1-9-4-5-10(2)12(6-9)17-8-13(16)15-7-11(3)14/h4-6H,3,7-8H2,1-2H3,(H,15,16). The Bertz CT molecular complexity index is 429. The molecule has 0 aliphatic rings. The number of hydrogen-bond acceptors (Lipinski definition) is 2. The minimum Gasteiger partial charge on any atom is -0.483 e. The zero-order chi connectivity index (χ0) is 12.8. The Hall–Kier alpha value is -1.29. The van der Waals surface area contributed by atoms with Crippen LogP contribution in [0.3, 0.4) is 0 Å². The van der Waals surface area contributed by atoms with Crippen LogP contribution in [-0.2, 0) is 4.79 Å². The lowest BCUT2D eigenvalue weighted by atomic mass is 10.1. The molecule has 0 unspecified atom stereocenters. The normalized spacial score (nSPS) is 9.82. The highest BCUT2D eigenvalue weighted by Crippen LogP contribution is 2.18. The third-order valence-electron chi connectivity index (χ3n) is 2.18. The molecule has 92 valence electrons. The first-order chi connectivity index (χ1) is 7.99. The van der Waals surface area contributed by atoms with E-state index in [4.69, 9.17) is 4.74 Å². The topological polar surface area (TPSA) is 38.3 Å². The Morgan fingerprint density at radius 2 is 2.18 bits per heavy atom. The van der Waals surface area contributed by atoms with Gasteiger partial charge >= 0.3 is 0 Å². The van der Waals surface area contributed by atoms with E-state index in [0.29, 0.717) is 6.54 Å². The zero-order valence-corrected chi connectivity index (χ0v) is 11.6. The van der Waals surface area contributed by atoms with Crippen molar-refractivity contribution < 1.29 is 9.53 Å². The second-order valence-electron chi connectivity index (χ2n) is 3.85. The van der Waals surface area contributed by atoms with E-state index in [2.05, 4.69) is 27.8 Å². The molecule has 4 heteroatoms. The number of aryl methyl sites for hydroxylation is 2. The van der Waals surface area contributed by atoms with Gasteiger partial charge in [-0.15, -0.1) is 0 Å². The van der Waals surface area contributed by atoms with Gasteiger partial charge in [-0.2, -0.15) is 0 Å². The number of halogens is 1. The number of ether oxygens (including phenoxy) is 1. The summed E-state index contributed by atoms with van der Waals surface area (Å²) < 4.78 is 6.19. The summed E-state index contributed by atoms with van der Waals surface area (Å²) in [5, 5.41) is 2.68. The molecule has 1 N–H and O–H groups in total. The average Bonchev–Trinajstić information content (AvgIpc) is 2.27. The molecule has 0 saturated carbocycles. The molecular weight excluding hydrogens is 282 g/mol. The summed E-state index contributed by atoms with van der Waals surface area (Å²) in [6.45, 7) is 8.00. The molecule has 1 aromatic rings. The number of nitrogens with one attached hydrogen (secondary N) is 1. The number of hydrogen-bond donors (Lipinski definition) is 1. The van der Waals surface area contributed by atoms with Gasteiger partial charge in [0.25, 0.3) is 5.91 Å². The third-order valence-corrected chi connectivity index (χ3v) is 2.46. The number of benzene rings is 1. The molecule has 0 aliphatic carbocycles. The molecule has 0 atom stereocenters. The fraction of sp³-hybridized carbons (Fsp3) is 0.308. The van der Waals surface area contributed by atoms with Gasteiger partial charge in [0.1, 0.15) is 5.75 Å². The Morgan fingerprint density at radius 1 is 1.47 bits per heavy atom. The molecule has 1 amide bonds. The van der Waals surface area contributed by atoms with Crippen LogP contribution in [0, 0.1) is 13.8 Å². The van der Waals surface area contributed by atoms with Crippen molar-refractivity contribution in [3.8, 4) is 5.75 Å². The highest BCUT2D eigenvalue weighted by Gasteiger charge is 2.04. The molecule has 0 aliphatic heterocycles. The van der Waals surface area contributed by atoms with E-state index in [9.17, 15) is 4.79 Å². The lowest BCUT2D eigenvalue weighted by Gasteiger charge is -2.10. The van der Waals surface area contributed by atoms with Crippen molar-refractivity contribution in [2.45, 2.75) is 13.8 Å². The first kappa shape index (κ1) is 13.8. The Labute approximate surface area is 110 Å². The van der Waals surface area contributed by atoms with Crippen LogP contribution in [0.25, 0.3) is 0 Å². The highest BCUT2D eigenvalue weighted by atomic mass is 79.9. The number of carbonyl (C=O) groups is 1. The van der Waals surface area contributed by atoms with Crippen molar-refractivity contribution in [2.75, 3.05) is 13.2 Å². The van der Waals surface area contributed by atoms with Gasteiger partial charge in [0.2, 0.25) is 0 Å². The summed E-state index contributed by atoms with van der Waals surface area (Å²) in [6, 6.07) is 5.91. The van der Waals surface area contributed by atoms with E-state index in [1.54, 1.807) is 0 Å². The predicted octanol–water partition coefficient (Wildman–Crippen LogP) is 2.71. The molecule has 3 nitrogen and oxygen atoms in total. The molecule has 0 fully saturated rings. The fourth-order valence-electron chi connectivity index (χ4n) is 1.25. The fourth-order valence-corrected chi connectivity index (χ4v) is 1.39. The molecule has 1 rings (SSSR count). The predicted molar refractivity (Wildman–Crippen MR) is 72.5 cm³/mol. The summed E-state index contributed by atoms with van der Waals surface area (Å²) in [6.07, 6.45) is 0. The van der Waals surface area contributed by atoms with Gasteiger partial charge in [-0.25, -0.2) is 0 Å². The summed E-state index contributed by atoms with van der Waals surface area (Å²) in [4.78, 5) is 11.4. The Morgan fingerprint density at radius 3 is 2.82 bits per heavy atom. The van der Waals surface area contributed by atoms with E-state index in [-0.39, 0.29) is 12.5 Å². The van der Waals surface area contributed by atoms with Crippen LogP contribution < -0.4 is 10.1 Å². The van der Waals surface area contributed by atoms with Gasteiger partial charge in [-0.05, 0) is 31.0 Å². The molecule has 17 heavy (non-hydrogen) atoms. The maximum atomic E-state index is 11.4. The van der Waals surface area contributed by atoms with Gasteiger partial charge in [-0.3, -0.25) is 4.79 Å². The lowest BCUT2D eigenvalue weighted by Crippen LogP contribution is -2.29. The van der Waals surface area contributed by atoms with E-state index in [0.717, 1.165) is 21.4 Å². The van der Waals surface area contributed by atoms with Crippen molar-refractivity contribution in [1.82, 2.24) is 5.32 Å². The second kappa shape index (κ2) is 6.45. The number of rotatable bonds is 5. The van der Waals surface area contributed by atoms with Crippen molar-refractivity contribution in [3.05, 3.63) is 40.4 Å². The molecule has 0 saturated heterocycles. The maximum Gasteiger partial charge on any atom is 0.258 e. The van der Waals surface area contributed by atoms with Crippen molar-refractivity contribution in [2.24, 2.45) is 0 Å². The first-order valence-corrected chi connectivity index (χ1v) is 6.08. The first-order valence-electron chi connectivity index (χ1n) is 5.29. The quantitative estimate of drug-likeness (QED) is 0.907. The highest BCUT2D eigenvalue weighted by molar-refractivity contribution is 9.11. The van der Waals surface area contributed by atoms with Crippen molar-refractivity contribution in [1.29, 1.82) is 0 Å². The molecule has 0 radical (unpaired) electrons. The number of carbonyl (C=O) groups excluding carboxylic acids is 1. The van der Waals surface area contributed by atoms with E-state index in [1.165, 1.54) is 0 Å². The Balaban J connectivity index is 2.47. The number of amides is 1. The van der Waals surface area contributed by atoms with Gasteiger partial charge < -0.3 is 10.1 Å². The SMILES string of the molecule is C=C(Br)CNC(=O)COc1cc(C)ccc1C. The summed E-state index contributed by atoms with van der Waals surface area (Å²) >= 11 is 3.17. The monoisotopic (exact) mass is 297 g/mol. The molecule has 0 heterocycles. The molecule has 1 aromatic carbocycles. The van der Waals surface area contributed by atoms with Crippen LogP contribution in [0.2, 0.25) is 0 Å². The lowest BCUT2D eigenvalue weighted by molar-refractivity contribution is -0.122. The molecule has 0 bridgehead atoms. The smallest absolute Gasteiger partial charge is 0.258 e. The van der Waals surface area contributed by atoms with Crippen molar-refractivity contribution >= 4 is 21.8 Å². The van der Waals surface area contributed by atoms with E-state index >= 15 is 0 Å². The summed E-state index contributed by atoms with van der Waals surface area (Å²) in [5.41, 5.74) is 2.13. The molecule has 0 aromatic heterocycles. The van der Waals surface area contributed by atoms with Crippen LogP contribution in [-0.4, -0.2) is 19.1 Å². The Kier molecular flexibility index (Phi) is 5.22. The summed E-state index contributed by atoms with van der Waals surface area (Å²) in [5.74, 6) is 0.587. The minimum atomic E-state index is -0.161. The molecular formula is C13H16BrNO2. The van der Waals surface area contributed by atoms with Gasteiger partial charge in [-0.1, -0.05) is 34.6 Å². The minimum absolute atomic E-state index is 0.0184. The van der Waals surface area contributed by atoms with Crippen LogP contribution in [0.5, 0.6) is 5.75 Å². The van der Waals surface area contributed by atoms with Gasteiger partial charge in [0.05, 0.1) is 0 Å². The van der Waals surface area contributed by atoms with E-state index < -0.39 is 0 Å². The molecule has 0 spiro atoms. The van der Waals surface area contributed by atoms with Crippen LogP contribution in [0.4, 0.5) is 0 Å². The van der Waals surface area contributed by atoms with Gasteiger partial charge in [0.15, 0.2) is 6.61 Å². The second-order valence-corrected chi connectivity index (χ2v) is 4.97.